The fourth-order valence-corrected chi connectivity index (χ4v) is 5.67. The second-order valence-corrected chi connectivity index (χ2v) is 10.3. The molecule has 0 unspecified atom stereocenters. The van der Waals surface area contributed by atoms with E-state index in [9.17, 15) is 16.8 Å². The van der Waals surface area contributed by atoms with Crippen molar-refractivity contribution >= 4 is 20.0 Å². The Morgan fingerprint density at radius 2 is 1.75 bits per heavy atom. The van der Waals surface area contributed by atoms with Gasteiger partial charge in [-0.1, -0.05) is 13.0 Å². The lowest BCUT2D eigenvalue weighted by Crippen LogP contribution is -2.34. The minimum Gasteiger partial charge on any atom is -0.208 e. The molecule has 0 aromatic heterocycles. The lowest BCUT2D eigenvalue weighted by Gasteiger charge is -2.21. The van der Waals surface area contributed by atoms with Crippen LogP contribution in [0.15, 0.2) is 34.1 Å². The van der Waals surface area contributed by atoms with Crippen molar-refractivity contribution in [3.63, 3.8) is 0 Å². The van der Waals surface area contributed by atoms with Gasteiger partial charge in [0.25, 0.3) is 0 Å². The van der Waals surface area contributed by atoms with Gasteiger partial charge in [-0.3, -0.25) is 0 Å². The normalized spacial score (nSPS) is 18.9. The van der Waals surface area contributed by atoms with Gasteiger partial charge in [0.05, 0.1) is 9.79 Å². The summed E-state index contributed by atoms with van der Waals surface area (Å²) in [5.74, 6) is 0.440. The molecule has 134 valence electrons. The Morgan fingerprint density at radius 3 is 2.33 bits per heavy atom. The highest BCUT2D eigenvalue weighted by molar-refractivity contribution is 7.90. The van der Waals surface area contributed by atoms with Crippen LogP contribution in [-0.4, -0.2) is 40.3 Å². The minimum atomic E-state index is -3.67. The monoisotopic (exact) mass is 372 g/mol. The summed E-state index contributed by atoms with van der Waals surface area (Å²) in [6.07, 6.45) is 4.53. The van der Waals surface area contributed by atoms with Crippen LogP contribution < -0.4 is 4.72 Å². The molecule has 2 saturated carbocycles. The van der Waals surface area contributed by atoms with E-state index in [4.69, 9.17) is 0 Å². The Kier molecular flexibility index (Phi) is 5.01. The highest BCUT2D eigenvalue weighted by atomic mass is 32.2. The average molecular weight is 373 g/mol. The molecule has 0 spiro atoms. The SMILES string of the molecule is CCCN(CC1CC1)S(=O)(=O)c1cccc(S(=O)(=O)NC2CC2)c1. The van der Waals surface area contributed by atoms with E-state index in [1.807, 2.05) is 6.92 Å². The molecule has 0 radical (unpaired) electrons. The third kappa shape index (κ3) is 4.17. The summed E-state index contributed by atoms with van der Waals surface area (Å²) in [6.45, 7) is 2.92. The minimum absolute atomic E-state index is 0.0123. The van der Waals surface area contributed by atoms with Crippen LogP contribution in [0.2, 0.25) is 0 Å². The standard InChI is InChI=1S/C16H24N2O4S2/c1-2-10-18(12-13-6-7-13)24(21,22)16-5-3-4-15(11-16)23(19,20)17-14-8-9-14/h3-5,11,13-14,17H,2,6-10,12H2,1H3. The lowest BCUT2D eigenvalue weighted by atomic mass is 10.4. The smallest absolute Gasteiger partial charge is 0.208 e. The van der Waals surface area contributed by atoms with Crippen LogP contribution in [-0.2, 0) is 20.0 Å². The highest BCUT2D eigenvalue weighted by Crippen LogP contribution is 2.32. The van der Waals surface area contributed by atoms with Gasteiger partial charge in [-0.2, -0.15) is 4.31 Å². The summed E-state index contributed by atoms with van der Waals surface area (Å²) in [6, 6.07) is 5.67. The van der Waals surface area contributed by atoms with Crippen LogP contribution in [0.4, 0.5) is 0 Å². The summed E-state index contributed by atoms with van der Waals surface area (Å²) in [5, 5.41) is 0. The van der Waals surface area contributed by atoms with E-state index < -0.39 is 20.0 Å². The van der Waals surface area contributed by atoms with Crippen molar-refractivity contribution in [1.82, 2.24) is 9.03 Å². The number of nitrogens with zero attached hydrogens (tertiary/aromatic N) is 1. The van der Waals surface area contributed by atoms with E-state index in [0.29, 0.717) is 19.0 Å². The second-order valence-electron chi connectivity index (χ2n) is 6.68. The Balaban J connectivity index is 1.87. The molecule has 0 bridgehead atoms. The van der Waals surface area contributed by atoms with Gasteiger partial charge in [0, 0.05) is 19.1 Å². The first-order valence-electron chi connectivity index (χ1n) is 8.45. The summed E-state index contributed by atoms with van der Waals surface area (Å²) in [4.78, 5) is 0.0635. The summed E-state index contributed by atoms with van der Waals surface area (Å²) in [7, 11) is -7.33. The zero-order valence-corrected chi connectivity index (χ0v) is 15.4. The molecule has 2 aliphatic carbocycles. The fraction of sp³-hybridized carbons (Fsp3) is 0.625. The second kappa shape index (κ2) is 6.74. The predicted octanol–water partition coefficient (Wildman–Crippen LogP) is 1.94. The molecule has 0 amide bonds. The van der Waals surface area contributed by atoms with E-state index in [1.165, 1.54) is 28.6 Å². The topological polar surface area (TPSA) is 83.6 Å². The van der Waals surface area contributed by atoms with Crippen LogP contribution in [0.1, 0.15) is 39.0 Å². The van der Waals surface area contributed by atoms with Gasteiger partial charge in [0.2, 0.25) is 20.0 Å². The molecular formula is C16H24N2O4S2. The van der Waals surface area contributed by atoms with E-state index in [1.54, 1.807) is 0 Å². The van der Waals surface area contributed by atoms with Crippen molar-refractivity contribution in [3.8, 4) is 0 Å². The van der Waals surface area contributed by atoms with E-state index in [-0.39, 0.29) is 15.8 Å². The molecule has 6 nitrogen and oxygen atoms in total. The first-order valence-corrected chi connectivity index (χ1v) is 11.4. The first kappa shape index (κ1) is 17.8. The molecule has 1 N–H and O–H groups in total. The zero-order chi connectivity index (χ0) is 17.4. The molecule has 1 aromatic rings. The quantitative estimate of drug-likeness (QED) is 0.718. The molecule has 24 heavy (non-hydrogen) atoms. The van der Waals surface area contributed by atoms with Gasteiger partial charge in [-0.15, -0.1) is 0 Å². The predicted molar refractivity (Wildman–Crippen MR) is 91.6 cm³/mol. The van der Waals surface area contributed by atoms with Crippen LogP contribution in [0.25, 0.3) is 0 Å². The van der Waals surface area contributed by atoms with Crippen LogP contribution in [0, 0.1) is 5.92 Å². The Morgan fingerprint density at radius 1 is 1.08 bits per heavy atom. The molecule has 0 atom stereocenters. The van der Waals surface area contributed by atoms with Crippen molar-refractivity contribution in [2.75, 3.05) is 13.1 Å². The van der Waals surface area contributed by atoms with Gasteiger partial charge < -0.3 is 0 Å². The maximum atomic E-state index is 12.9. The van der Waals surface area contributed by atoms with Gasteiger partial charge in [0.15, 0.2) is 0 Å². The van der Waals surface area contributed by atoms with Crippen molar-refractivity contribution in [2.45, 2.75) is 54.9 Å². The molecule has 2 fully saturated rings. The third-order valence-electron chi connectivity index (χ3n) is 4.28. The molecule has 0 saturated heterocycles. The fourth-order valence-electron chi connectivity index (χ4n) is 2.59. The highest BCUT2D eigenvalue weighted by Gasteiger charge is 2.32. The molecular weight excluding hydrogens is 348 g/mol. The molecule has 8 heteroatoms. The average Bonchev–Trinajstić information content (AvgIpc) is 3.43. The summed E-state index contributed by atoms with van der Waals surface area (Å²) in [5.41, 5.74) is 0. The maximum absolute atomic E-state index is 12.9. The number of hydrogen-bond donors (Lipinski definition) is 1. The van der Waals surface area contributed by atoms with Crippen LogP contribution in [0.3, 0.4) is 0 Å². The van der Waals surface area contributed by atoms with E-state index >= 15 is 0 Å². The lowest BCUT2D eigenvalue weighted by molar-refractivity contribution is 0.395. The number of sulfonamides is 2. The number of hydrogen-bond acceptors (Lipinski definition) is 4. The first-order chi connectivity index (χ1) is 11.3. The molecule has 3 rings (SSSR count). The maximum Gasteiger partial charge on any atom is 0.243 e. The summed E-state index contributed by atoms with van der Waals surface area (Å²) >= 11 is 0. The molecule has 0 aliphatic heterocycles. The van der Waals surface area contributed by atoms with Gasteiger partial charge in [-0.05, 0) is 56.2 Å². The molecule has 2 aliphatic rings. The Hall–Kier alpha value is -0.960. The van der Waals surface area contributed by atoms with Gasteiger partial charge >= 0.3 is 0 Å². The van der Waals surface area contributed by atoms with Gasteiger partial charge in [-0.25, -0.2) is 21.6 Å². The zero-order valence-electron chi connectivity index (χ0n) is 13.8. The number of benzene rings is 1. The number of rotatable bonds is 9. The van der Waals surface area contributed by atoms with Crippen molar-refractivity contribution < 1.29 is 16.8 Å². The number of nitrogens with one attached hydrogen (secondary N) is 1. The van der Waals surface area contributed by atoms with Crippen LogP contribution in [0.5, 0.6) is 0 Å². The largest absolute Gasteiger partial charge is 0.243 e. The summed E-state index contributed by atoms with van der Waals surface area (Å²) < 4.78 is 54.5. The van der Waals surface area contributed by atoms with Crippen molar-refractivity contribution in [1.29, 1.82) is 0 Å². The molecule has 0 heterocycles. The third-order valence-corrected chi connectivity index (χ3v) is 7.66. The van der Waals surface area contributed by atoms with Gasteiger partial charge in [0.1, 0.15) is 0 Å². The van der Waals surface area contributed by atoms with E-state index in [2.05, 4.69) is 4.72 Å². The van der Waals surface area contributed by atoms with Crippen molar-refractivity contribution in [3.05, 3.63) is 24.3 Å². The van der Waals surface area contributed by atoms with E-state index in [0.717, 1.165) is 32.1 Å². The Bertz CT molecular complexity index is 797. The Labute approximate surface area is 144 Å². The van der Waals surface area contributed by atoms with Crippen LogP contribution >= 0.6 is 0 Å². The van der Waals surface area contributed by atoms with Crippen molar-refractivity contribution in [2.24, 2.45) is 5.92 Å². The molecule has 1 aromatic carbocycles.